The smallest absolute Gasteiger partial charge is 0.410 e. The molecule has 164 valence electrons. The highest BCUT2D eigenvalue weighted by Crippen LogP contribution is 2.36. The lowest BCUT2D eigenvalue weighted by Gasteiger charge is -2.34. The van der Waals surface area contributed by atoms with Crippen LogP contribution < -0.4 is 4.74 Å². The zero-order valence-electron chi connectivity index (χ0n) is 17.6. The molecular formula is C26H23F2NO3. The van der Waals surface area contributed by atoms with Crippen molar-refractivity contribution in [1.82, 2.24) is 4.90 Å². The van der Waals surface area contributed by atoms with Crippen LogP contribution in [-0.4, -0.2) is 24.6 Å². The molecule has 1 amide bonds. The molecule has 1 aliphatic rings. The van der Waals surface area contributed by atoms with Crippen molar-refractivity contribution >= 4 is 11.7 Å². The van der Waals surface area contributed by atoms with Gasteiger partial charge in [-0.25, -0.2) is 13.6 Å². The van der Waals surface area contributed by atoms with Crippen molar-refractivity contribution in [3.63, 3.8) is 0 Å². The second-order valence-electron chi connectivity index (χ2n) is 7.52. The normalized spacial score (nSPS) is 15.8. The Morgan fingerprint density at radius 2 is 1.84 bits per heavy atom. The number of halogens is 2. The van der Waals surface area contributed by atoms with Crippen LogP contribution in [0.1, 0.15) is 29.2 Å². The standard InChI is InChI=1S/C26H23F2NO3/c1-31-22-9-5-8-20(14-22)25-15-19(23-16-21(27)10-11-24(23)28)12-13-29(25)26(30)32-17-18-6-3-2-4-7-18/h2-11,14-16,25H,12-13,17H2,1H3. The highest BCUT2D eigenvalue weighted by molar-refractivity contribution is 5.74. The van der Waals surface area contributed by atoms with E-state index in [-0.39, 0.29) is 12.2 Å². The number of rotatable bonds is 5. The zero-order valence-corrected chi connectivity index (χ0v) is 17.6. The number of hydrogen-bond donors (Lipinski definition) is 0. The minimum Gasteiger partial charge on any atom is -0.497 e. The fraction of sp³-hybridized carbons (Fsp3) is 0.192. The van der Waals surface area contributed by atoms with E-state index >= 15 is 0 Å². The molecule has 3 aromatic rings. The first-order valence-corrected chi connectivity index (χ1v) is 10.3. The number of benzene rings is 3. The quantitative estimate of drug-likeness (QED) is 0.483. The van der Waals surface area contributed by atoms with Gasteiger partial charge in [0.1, 0.15) is 24.0 Å². The highest BCUT2D eigenvalue weighted by atomic mass is 19.1. The van der Waals surface area contributed by atoms with Gasteiger partial charge in [-0.2, -0.15) is 0 Å². The summed E-state index contributed by atoms with van der Waals surface area (Å²) in [5.74, 6) is -0.371. The number of nitrogens with zero attached hydrogens (tertiary/aromatic N) is 1. The third kappa shape index (κ3) is 4.80. The summed E-state index contributed by atoms with van der Waals surface area (Å²) in [6.45, 7) is 0.452. The van der Waals surface area contributed by atoms with Crippen LogP contribution >= 0.6 is 0 Å². The fourth-order valence-electron chi connectivity index (χ4n) is 3.82. The molecule has 4 nitrogen and oxygen atoms in total. The minimum atomic E-state index is -0.514. The average Bonchev–Trinajstić information content (AvgIpc) is 2.84. The lowest BCUT2D eigenvalue weighted by molar-refractivity contribution is 0.0865. The van der Waals surface area contributed by atoms with E-state index in [4.69, 9.17) is 9.47 Å². The second-order valence-corrected chi connectivity index (χ2v) is 7.52. The third-order valence-corrected chi connectivity index (χ3v) is 5.47. The Morgan fingerprint density at radius 1 is 1.03 bits per heavy atom. The number of carbonyl (C=O) groups excluding carboxylic acids is 1. The molecule has 0 fully saturated rings. The Balaban J connectivity index is 1.66. The summed E-state index contributed by atoms with van der Waals surface area (Å²) in [6, 6.07) is 19.6. The summed E-state index contributed by atoms with van der Waals surface area (Å²) in [4.78, 5) is 14.6. The molecule has 0 aliphatic carbocycles. The highest BCUT2D eigenvalue weighted by Gasteiger charge is 2.30. The lowest BCUT2D eigenvalue weighted by atomic mass is 9.92. The lowest BCUT2D eigenvalue weighted by Crippen LogP contribution is -2.37. The molecule has 0 saturated carbocycles. The monoisotopic (exact) mass is 435 g/mol. The molecule has 1 atom stereocenters. The van der Waals surface area contributed by atoms with Crippen LogP contribution in [-0.2, 0) is 11.3 Å². The molecule has 0 saturated heterocycles. The summed E-state index contributed by atoms with van der Waals surface area (Å²) in [5.41, 5.74) is 2.51. The Labute approximate surface area is 185 Å². The van der Waals surface area contributed by atoms with Crippen molar-refractivity contribution in [1.29, 1.82) is 0 Å². The molecule has 1 aliphatic heterocycles. The van der Waals surface area contributed by atoms with Crippen molar-refractivity contribution in [2.24, 2.45) is 0 Å². The molecule has 0 spiro atoms. The molecule has 1 heterocycles. The number of ether oxygens (including phenoxy) is 2. The van der Waals surface area contributed by atoms with Crippen LogP contribution in [0.4, 0.5) is 13.6 Å². The topological polar surface area (TPSA) is 38.8 Å². The van der Waals surface area contributed by atoms with Gasteiger partial charge in [0.2, 0.25) is 0 Å². The third-order valence-electron chi connectivity index (χ3n) is 5.47. The summed E-state index contributed by atoms with van der Waals surface area (Å²) in [6.07, 6.45) is 1.69. The average molecular weight is 435 g/mol. The summed E-state index contributed by atoms with van der Waals surface area (Å²) >= 11 is 0. The van der Waals surface area contributed by atoms with Gasteiger partial charge in [0.25, 0.3) is 0 Å². The molecule has 3 aromatic carbocycles. The largest absolute Gasteiger partial charge is 0.497 e. The van der Waals surface area contributed by atoms with Crippen LogP contribution in [0.5, 0.6) is 5.75 Å². The van der Waals surface area contributed by atoms with Gasteiger partial charge in [0.15, 0.2) is 0 Å². The molecule has 1 unspecified atom stereocenters. The van der Waals surface area contributed by atoms with Crippen LogP contribution in [0.3, 0.4) is 0 Å². The van der Waals surface area contributed by atoms with E-state index in [9.17, 15) is 13.6 Å². The van der Waals surface area contributed by atoms with Crippen LogP contribution in [0.25, 0.3) is 5.57 Å². The van der Waals surface area contributed by atoms with Gasteiger partial charge in [0.05, 0.1) is 13.2 Å². The molecular weight excluding hydrogens is 412 g/mol. The van der Waals surface area contributed by atoms with Gasteiger partial charge in [-0.1, -0.05) is 48.5 Å². The number of carbonyl (C=O) groups is 1. The number of hydrogen-bond acceptors (Lipinski definition) is 3. The van der Waals surface area contributed by atoms with Gasteiger partial charge in [-0.3, -0.25) is 4.90 Å². The van der Waals surface area contributed by atoms with Crippen LogP contribution in [0.15, 0.2) is 78.9 Å². The number of amides is 1. The van der Waals surface area contributed by atoms with E-state index in [1.165, 1.54) is 6.07 Å². The molecule has 0 aromatic heterocycles. The van der Waals surface area contributed by atoms with E-state index in [2.05, 4.69) is 0 Å². The maximum absolute atomic E-state index is 14.4. The molecule has 6 heteroatoms. The minimum absolute atomic E-state index is 0.149. The van der Waals surface area contributed by atoms with Gasteiger partial charge >= 0.3 is 6.09 Å². The molecule has 0 N–H and O–H groups in total. The van der Waals surface area contributed by atoms with E-state index in [1.54, 1.807) is 24.2 Å². The molecule has 0 radical (unpaired) electrons. The van der Waals surface area contributed by atoms with Gasteiger partial charge in [-0.15, -0.1) is 0 Å². The SMILES string of the molecule is COc1cccc(C2C=C(c3cc(F)ccc3F)CCN2C(=O)OCc2ccccc2)c1. The zero-order chi connectivity index (χ0) is 22.5. The van der Waals surface area contributed by atoms with E-state index in [0.29, 0.717) is 24.3 Å². The summed E-state index contributed by atoms with van der Waals surface area (Å²) in [7, 11) is 1.56. The number of methoxy groups -OCH3 is 1. The summed E-state index contributed by atoms with van der Waals surface area (Å²) in [5, 5.41) is 0. The predicted octanol–water partition coefficient (Wildman–Crippen LogP) is 6.14. The summed E-state index contributed by atoms with van der Waals surface area (Å²) < 4.78 is 39.1. The van der Waals surface area contributed by atoms with E-state index in [0.717, 1.165) is 23.3 Å². The van der Waals surface area contributed by atoms with Crippen molar-refractivity contribution in [3.8, 4) is 5.75 Å². The van der Waals surface area contributed by atoms with Crippen LogP contribution in [0.2, 0.25) is 0 Å². The predicted molar refractivity (Wildman–Crippen MR) is 118 cm³/mol. The van der Waals surface area contributed by atoms with Crippen molar-refractivity contribution in [2.45, 2.75) is 19.1 Å². The molecule has 32 heavy (non-hydrogen) atoms. The van der Waals surface area contributed by atoms with E-state index in [1.807, 2.05) is 48.5 Å². The Kier molecular flexibility index (Phi) is 6.50. The van der Waals surface area contributed by atoms with Gasteiger partial charge in [0, 0.05) is 12.1 Å². The first-order valence-electron chi connectivity index (χ1n) is 10.3. The van der Waals surface area contributed by atoms with Gasteiger partial charge < -0.3 is 9.47 Å². The van der Waals surface area contributed by atoms with Crippen molar-refractivity contribution in [2.75, 3.05) is 13.7 Å². The molecule has 0 bridgehead atoms. The second kappa shape index (κ2) is 9.64. The Bertz CT molecular complexity index is 1130. The Morgan fingerprint density at radius 3 is 2.62 bits per heavy atom. The van der Waals surface area contributed by atoms with Crippen molar-refractivity contribution < 1.29 is 23.0 Å². The first-order chi connectivity index (χ1) is 15.5. The van der Waals surface area contributed by atoms with Gasteiger partial charge in [-0.05, 0) is 53.5 Å². The fourth-order valence-corrected chi connectivity index (χ4v) is 3.82. The maximum Gasteiger partial charge on any atom is 0.410 e. The Hall–Kier alpha value is -3.67. The van der Waals surface area contributed by atoms with Crippen LogP contribution in [0, 0.1) is 11.6 Å². The maximum atomic E-state index is 14.4. The molecule has 4 rings (SSSR count). The first kappa shape index (κ1) is 21.6. The van der Waals surface area contributed by atoms with E-state index < -0.39 is 23.8 Å². The van der Waals surface area contributed by atoms with Crippen molar-refractivity contribution in [3.05, 3.63) is 107 Å².